The van der Waals surface area contributed by atoms with Crippen molar-refractivity contribution in [2.45, 2.75) is 32.0 Å². The first-order valence-corrected chi connectivity index (χ1v) is 12.8. The van der Waals surface area contributed by atoms with Gasteiger partial charge in [-0.25, -0.2) is 4.98 Å². The molecule has 0 aliphatic rings. The lowest BCUT2D eigenvalue weighted by atomic mass is 10.1. The molecular formula is C24H24ClN5O2S2. The van der Waals surface area contributed by atoms with Gasteiger partial charge in [-0.2, -0.15) is 0 Å². The van der Waals surface area contributed by atoms with Crippen LogP contribution in [0.25, 0.3) is 11.3 Å². The lowest BCUT2D eigenvalue weighted by Crippen LogP contribution is -2.14. The third kappa shape index (κ3) is 5.97. The number of nitrogens with one attached hydrogen (secondary N) is 1. The predicted octanol–water partition coefficient (Wildman–Crippen LogP) is 6.08. The van der Waals surface area contributed by atoms with Gasteiger partial charge in [-0.1, -0.05) is 41.6 Å². The van der Waals surface area contributed by atoms with Crippen LogP contribution in [0.4, 0.5) is 5.13 Å². The summed E-state index contributed by atoms with van der Waals surface area (Å²) in [6.45, 7) is 6.01. The van der Waals surface area contributed by atoms with Crippen molar-refractivity contribution < 1.29 is 9.53 Å². The number of aryl methyl sites for hydroxylation is 2. The van der Waals surface area contributed by atoms with E-state index in [2.05, 4.69) is 26.6 Å². The van der Waals surface area contributed by atoms with Gasteiger partial charge in [0.2, 0.25) is 5.91 Å². The molecular weight excluding hydrogens is 490 g/mol. The standard InChI is InChI=1S/C24H24ClN5O2S2/c1-14-9-15(2)11-19(10-14)32-16(3)22-28-29-24(30(22)4)34-13-21(31)27-23-26-20(12-33-23)17-5-7-18(25)8-6-17/h5-12,16H,13H2,1-4H3,(H,26,27,31). The summed E-state index contributed by atoms with van der Waals surface area (Å²) in [4.78, 5) is 17.0. The van der Waals surface area contributed by atoms with E-state index in [1.54, 1.807) is 0 Å². The topological polar surface area (TPSA) is 81.9 Å². The molecule has 0 fully saturated rings. The molecule has 10 heteroatoms. The number of amides is 1. The van der Waals surface area contributed by atoms with Crippen LogP contribution >= 0.6 is 34.7 Å². The summed E-state index contributed by atoms with van der Waals surface area (Å²) in [6, 6.07) is 13.5. The number of hydrogen-bond acceptors (Lipinski definition) is 7. The quantitative estimate of drug-likeness (QED) is 0.287. The molecule has 2 aromatic heterocycles. The summed E-state index contributed by atoms with van der Waals surface area (Å²) in [7, 11) is 1.87. The number of halogens is 1. The Morgan fingerprint density at radius 1 is 1.18 bits per heavy atom. The number of ether oxygens (including phenoxy) is 1. The van der Waals surface area contributed by atoms with Crippen LogP contribution in [-0.4, -0.2) is 31.4 Å². The Morgan fingerprint density at radius 2 is 1.88 bits per heavy atom. The highest BCUT2D eigenvalue weighted by Gasteiger charge is 2.18. The zero-order valence-electron chi connectivity index (χ0n) is 19.2. The molecule has 0 aliphatic heterocycles. The molecule has 4 rings (SSSR count). The number of anilines is 1. The third-order valence-electron chi connectivity index (χ3n) is 4.96. The molecule has 1 atom stereocenters. The van der Waals surface area contributed by atoms with E-state index in [4.69, 9.17) is 16.3 Å². The van der Waals surface area contributed by atoms with Crippen LogP contribution < -0.4 is 10.1 Å². The lowest BCUT2D eigenvalue weighted by molar-refractivity contribution is -0.113. The van der Waals surface area contributed by atoms with Gasteiger partial charge in [-0.3, -0.25) is 4.79 Å². The molecule has 0 spiro atoms. The van der Waals surface area contributed by atoms with Crippen molar-refractivity contribution >= 4 is 45.7 Å². The Hall–Kier alpha value is -2.88. The molecule has 1 N–H and O–H groups in total. The Bertz CT molecular complexity index is 1280. The fourth-order valence-corrected chi connectivity index (χ4v) is 5.01. The van der Waals surface area contributed by atoms with Gasteiger partial charge in [0, 0.05) is 23.0 Å². The van der Waals surface area contributed by atoms with Gasteiger partial charge in [0.05, 0.1) is 11.4 Å². The van der Waals surface area contributed by atoms with Crippen molar-refractivity contribution in [2.75, 3.05) is 11.1 Å². The third-order valence-corrected chi connectivity index (χ3v) is 6.99. The van der Waals surface area contributed by atoms with Gasteiger partial charge in [0.15, 0.2) is 22.2 Å². The first-order chi connectivity index (χ1) is 16.3. The van der Waals surface area contributed by atoms with E-state index in [0.29, 0.717) is 21.1 Å². The summed E-state index contributed by atoms with van der Waals surface area (Å²) >= 11 is 8.63. The highest BCUT2D eigenvalue weighted by Crippen LogP contribution is 2.27. The average molecular weight is 514 g/mol. The minimum atomic E-state index is -0.288. The van der Waals surface area contributed by atoms with E-state index in [1.807, 2.05) is 74.2 Å². The second-order valence-electron chi connectivity index (χ2n) is 7.86. The molecule has 4 aromatic rings. The van der Waals surface area contributed by atoms with Crippen molar-refractivity contribution in [3.8, 4) is 17.0 Å². The summed E-state index contributed by atoms with van der Waals surface area (Å²) in [6.07, 6.45) is -0.288. The van der Waals surface area contributed by atoms with Crippen molar-refractivity contribution in [1.82, 2.24) is 19.7 Å². The average Bonchev–Trinajstić information content (AvgIpc) is 3.38. The van der Waals surface area contributed by atoms with E-state index in [9.17, 15) is 4.79 Å². The second-order valence-corrected chi connectivity index (χ2v) is 10.1. The highest BCUT2D eigenvalue weighted by molar-refractivity contribution is 7.99. The molecule has 0 bridgehead atoms. The van der Waals surface area contributed by atoms with Crippen LogP contribution in [0, 0.1) is 13.8 Å². The zero-order valence-corrected chi connectivity index (χ0v) is 21.6. The number of hydrogen-bond donors (Lipinski definition) is 1. The van der Waals surface area contributed by atoms with Gasteiger partial charge in [-0.05, 0) is 56.2 Å². The normalized spacial score (nSPS) is 11.9. The van der Waals surface area contributed by atoms with Crippen LogP contribution in [0.2, 0.25) is 5.02 Å². The summed E-state index contributed by atoms with van der Waals surface area (Å²) in [5, 5.41) is 15.1. The van der Waals surface area contributed by atoms with Gasteiger partial charge in [0.25, 0.3) is 0 Å². The summed E-state index contributed by atoms with van der Waals surface area (Å²) < 4.78 is 7.93. The van der Waals surface area contributed by atoms with Gasteiger partial charge >= 0.3 is 0 Å². The molecule has 0 saturated heterocycles. The summed E-state index contributed by atoms with van der Waals surface area (Å²) in [5.41, 5.74) is 4.02. The lowest BCUT2D eigenvalue weighted by Gasteiger charge is -2.15. The van der Waals surface area contributed by atoms with Crippen LogP contribution in [0.3, 0.4) is 0 Å². The van der Waals surface area contributed by atoms with E-state index < -0.39 is 0 Å². The minimum Gasteiger partial charge on any atom is -0.483 e. The fourth-order valence-electron chi connectivity index (χ4n) is 3.43. The van der Waals surface area contributed by atoms with Gasteiger partial charge < -0.3 is 14.6 Å². The Balaban J connectivity index is 1.33. The molecule has 2 heterocycles. The number of nitrogens with zero attached hydrogens (tertiary/aromatic N) is 4. The number of thioether (sulfide) groups is 1. The van der Waals surface area contributed by atoms with Gasteiger partial charge in [0.1, 0.15) is 5.75 Å². The molecule has 34 heavy (non-hydrogen) atoms. The smallest absolute Gasteiger partial charge is 0.236 e. The van der Waals surface area contributed by atoms with Crippen molar-refractivity contribution in [3.63, 3.8) is 0 Å². The Labute approximate surface area is 211 Å². The van der Waals surface area contributed by atoms with E-state index >= 15 is 0 Å². The number of thiazole rings is 1. The van der Waals surface area contributed by atoms with E-state index in [-0.39, 0.29) is 17.8 Å². The predicted molar refractivity (Wildman–Crippen MR) is 138 cm³/mol. The molecule has 2 aromatic carbocycles. The van der Waals surface area contributed by atoms with E-state index in [1.165, 1.54) is 23.1 Å². The SMILES string of the molecule is Cc1cc(C)cc(OC(C)c2nnc(SCC(=O)Nc3nc(-c4ccc(Cl)cc4)cs3)n2C)c1. The highest BCUT2D eigenvalue weighted by atomic mass is 35.5. The maximum atomic E-state index is 12.5. The molecule has 7 nitrogen and oxygen atoms in total. The maximum Gasteiger partial charge on any atom is 0.236 e. The Morgan fingerprint density at radius 3 is 2.59 bits per heavy atom. The molecule has 0 radical (unpaired) electrons. The largest absolute Gasteiger partial charge is 0.483 e. The molecule has 1 unspecified atom stereocenters. The summed E-state index contributed by atoms with van der Waals surface area (Å²) in [5.74, 6) is 1.51. The number of carbonyl (C=O) groups excluding carboxylic acids is 1. The molecule has 176 valence electrons. The van der Waals surface area contributed by atoms with E-state index in [0.717, 1.165) is 28.1 Å². The van der Waals surface area contributed by atoms with Crippen LogP contribution in [0.1, 0.15) is 30.0 Å². The fraction of sp³-hybridized carbons (Fsp3) is 0.250. The monoisotopic (exact) mass is 513 g/mol. The number of aromatic nitrogens is 4. The number of benzene rings is 2. The van der Waals surface area contributed by atoms with Crippen LogP contribution in [0.5, 0.6) is 5.75 Å². The Kier molecular flexibility index (Phi) is 7.55. The first kappa shape index (κ1) is 24.3. The van der Waals surface area contributed by atoms with Crippen LogP contribution in [0.15, 0.2) is 53.0 Å². The molecule has 0 aliphatic carbocycles. The minimum absolute atomic E-state index is 0.161. The van der Waals surface area contributed by atoms with Crippen LogP contribution in [-0.2, 0) is 11.8 Å². The first-order valence-electron chi connectivity index (χ1n) is 10.6. The van der Waals surface area contributed by atoms with Gasteiger partial charge in [-0.15, -0.1) is 21.5 Å². The van der Waals surface area contributed by atoms with Crippen molar-refractivity contribution in [2.24, 2.45) is 7.05 Å². The second kappa shape index (κ2) is 10.6. The number of carbonyl (C=O) groups is 1. The van der Waals surface area contributed by atoms with Crippen molar-refractivity contribution in [3.05, 3.63) is 69.8 Å². The number of rotatable bonds is 8. The molecule has 0 saturated carbocycles. The van der Waals surface area contributed by atoms with Crippen molar-refractivity contribution in [1.29, 1.82) is 0 Å². The maximum absolute atomic E-state index is 12.5. The molecule has 1 amide bonds. The zero-order chi connectivity index (χ0) is 24.2.